The van der Waals surface area contributed by atoms with Gasteiger partial charge in [-0.2, -0.15) is 0 Å². The van der Waals surface area contributed by atoms with Gasteiger partial charge in [0, 0.05) is 0 Å². The van der Waals surface area contributed by atoms with Gasteiger partial charge in [-0.25, -0.2) is 0 Å². The van der Waals surface area contributed by atoms with Crippen LogP contribution in [-0.4, -0.2) is 23.9 Å². The maximum atomic E-state index is 11.8. The van der Waals surface area contributed by atoms with Gasteiger partial charge in [0.2, 0.25) is 0 Å². The first-order valence-electron chi connectivity index (χ1n) is 3.65. The molecule has 1 aliphatic heterocycles. The molecule has 0 bridgehead atoms. The first-order valence-corrected chi connectivity index (χ1v) is 7.91. The number of allylic oxidation sites excluding steroid dienone is 4. The zero-order chi connectivity index (χ0) is 10.0. The summed E-state index contributed by atoms with van der Waals surface area (Å²) in [6.07, 6.45) is 4.05. The first kappa shape index (κ1) is 11.6. The van der Waals surface area contributed by atoms with Crippen LogP contribution in [0.15, 0.2) is 22.8 Å². The molecule has 0 N–H and O–H groups in total. The zero-order valence-electron chi connectivity index (χ0n) is 7.31. The standard InChI is InChI=1S/C8H9NOS.2W/c1-4-8-6-5-7(2)9(3)11(8)10;;/h2,4-5H,1,3H3;;. The summed E-state index contributed by atoms with van der Waals surface area (Å²) in [5.41, 5.74) is 1.07. The zero-order valence-corrected chi connectivity index (χ0v) is 14.0. The molecule has 0 aliphatic carbocycles. The molecule has 1 unspecified atom stereocenters. The van der Waals surface area contributed by atoms with Crippen LogP contribution in [0.3, 0.4) is 0 Å². The number of nitrogens with zero attached hydrogens (tertiary/aromatic N) is 1. The molecule has 0 aromatic heterocycles. The summed E-state index contributed by atoms with van der Waals surface area (Å²) >= 11 is 2.76. The Morgan fingerprint density at radius 1 is 1.62 bits per heavy atom. The summed E-state index contributed by atoms with van der Waals surface area (Å²) < 4.78 is 16.9. The van der Waals surface area contributed by atoms with Gasteiger partial charge < -0.3 is 0 Å². The van der Waals surface area contributed by atoms with Crippen molar-refractivity contribution >= 4 is 19.3 Å². The Labute approximate surface area is 102 Å². The van der Waals surface area contributed by atoms with Crippen molar-refractivity contribution in [1.29, 1.82) is 0 Å². The number of rotatable bonds is 1. The Morgan fingerprint density at radius 3 is 2.69 bits per heavy atom. The normalized spacial score (nSPS) is 26.2. The second-order valence-corrected chi connectivity index (χ2v) is 6.36. The predicted octanol–water partition coefficient (Wildman–Crippen LogP) is 0.451. The van der Waals surface area contributed by atoms with Crippen molar-refractivity contribution in [2.24, 2.45) is 0 Å². The predicted molar refractivity (Wildman–Crippen MR) is 48.8 cm³/mol. The monoisotopic (exact) mass is 535 g/mol. The summed E-state index contributed by atoms with van der Waals surface area (Å²) in [5.74, 6) is 0. The average Bonchev–Trinajstić information content (AvgIpc) is 2.12. The minimum absolute atomic E-state index is 0.957. The maximum absolute atomic E-state index is 11.8. The van der Waals surface area contributed by atoms with Crippen LogP contribution in [0.1, 0.15) is 6.92 Å². The fourth-order valence-corrected chi connectivity index (χ4v) is 4.70. The summed E-state index contributed by atoms with van der Waals surface area (Å²) in [7, 11) is 0.877. The number of hydrogen-bond acceptors (Lipinski definition) is 1. The molecule has 70 valence electrons. The van der Waals surface area contributed by atoms with E-state index in [0.717, 1.165) is 10.6 Å². The average molecular weight is 535 g/mol. The molecule has 0 amide bonds. The van der Waals surface area contributed by atoms with E-state index in [4.69, 9.17) is 0 Å². The van der Waals surface area contributed by atoms with E-state index in [9.17, 15) is 4.21 Å². The van der Waals surface area contributed by atoms with E-state index in [0.29, 0.717) is 0 Å². The van der Waals surface area contributed by atoms with Gasteiger partial charge in [0.05, 0.1) is 0 Å². The van der Waals surface area contributed by atoms with Gasteiger partial charge in [0.25, 0.3) is 0 Å². The molecule has 0 aromatic rings. The van der Waals surface area contributed by atoms with Gasteiger partial charge in [-0.3, -0.25) is 0 Å². The van der Waals surface area contributed by atoms with Crippen molar-refractivity contribution in [1.82, 2.24) is 4.31 Å². The quantitative estimate of drug-likeness (QED) is 0.479. The Kier molecular flexibility index (Phi) is 4.35. The van der Waals surface area contributed by atoms with Crippen LogP contribution in [0.25, 0.3) is 0 Å². The fraction of sp³-hybridized carbons (Fsp3) is 0.250. The molecular weight excluding hydrogens is 526 g/mol. The molecule has 0 radical (unpaired) electrons. The first-order chi connectivity index (χ1) is 6.11. The molecule has 1 aliphatic rings. The molecule has 1 atom stereocenters. The van der Waals surface area contributed by atoms with Crippen LogP contribution in [0.5, 0.6) is 0 Å². The molecule has 0 saturated heterocycles. The van der Waals surface area contributed by atoms with E-state index >= 15 is 0 Å². The van der Waals surface area contributed by atoms with E-state index in [-0.39, 0.29) is 0 Å². The van der Waals surface area contributed by atoms with Crippen molar-refractivity contribution in [3.8, 4) is 0 Å². The van der Waals surface area contributed by atoms with Gasteiger partial charge in [-0.15, -0.1) is 0 Å². The SMILES string of the molecule is CC=C1[C](=[W])C=C([CH]=[W])N(C)S1=O. The second-order valence-electron chi connectivity index (χ2n) is 2.45. The van der Waals surface area contributed by atoms with E-state index in [2.05, 4.69) is 10.5 Å². The Bertz CT molecular complexity index is 346. The fourth-order valence-electron chi connectivity index (χ4n) is 0.977. The van der Waals surface area contributed by atoms with Gasteiger partial charge in [-0.05, 0) is 0 Å². The Balaban J connectivity index is 3.21. The van der Waals surface area contributed by atoms with E-state index in [1.54, 1.807) is 0 Å². The molecule has 5 heteroatoms. The molecule has 0 aromatic carbocycles. The summed E-state index contributed by atoms with van der Waals surface area (Å²) in [6, 6.07) is 0. The van der Waals surface area contributed by atoms with Crippen molar-refractivity contribution < 1.29 is 42.9 Å². The van der Waals surface area contributed by atoms with Crippen LogP contribution in [0.2, 0.25) is 0 Å². The minimum atomic E-state index is -0.991. The topological polar surface area (TPSA) is 20.3 Å². The third-order valence-corrected chi connectivity index (χ3v) is 5.84. The van der Waals surface area contributed by atoms with Crippen LogP contribution >= 0.6 is 0 Å². The van der Waals surface area contributed by atoms with E-state index < -0.39 is 11.0 Å². The van der Waals surface area contributed by atoms with E-state index in [1.165, 1.54) is 42.6 Å². The van der Waals surface area contributed by atoms with Gasteiger partial charge in [-0.1, -0.05) is 0 Å². The van der Waals surface area contributed by atoms with Crippen LogP contribution < -0.4 is 0 Å². The molecule has 2 nitrogen and oxygen atoms in total. The van der Waals surface area contributed by atoms with Crippen molar-refractivity contribution in [2.75, 3.05) is 7.05 Å². The molecule has 1 rings (SSSR count). The van der Waals surface area contributed by atoms with Gasteiger partial charge in [0.1, 0.15) is 0 Å². The molecular formula is C8H9NOSW2. The summed E-state index contributed by atoms with van der Waals surface area (Å²) in [6.45, 7) is 1.93. The Morgan fingerprint density at radius 2 is 2.23 bits per heavy atom. The summed E-state index contributed by atoms with van der Waals surface area (Å²) in [4.78, 5) is 0.957. The van der Waals surface area contributed by atoms with Gasteiger partial charge >= 0.3 is 103 Å². The van der Waals surface area contributed by atoms with Gasteiger partial charge in [0.15, 0.2) is 0 Å². The third kappa shape index (κ3) is 2.32. The van der Waals surface area contributed by atoms with Crippen molar-refractivity contribution in [3.63, 3.8) is 0 Å². The van der Waals surface area contributed by atoms with Crippen LogP contribution in [0, 0.1) is 0 Å². The van der Waals surface area contributed by atoms with Crippen molar-refractivity contribution in [2.45, 2.75) is 6.92 Å². The number of hydrogen-bond donors (Lipinski definition) is 0. The molecule has 0 spiro atoms. The third-order valence-electron chi connectivity index (χ3n) is 1.71. The van der Waals surface area contributed by atoms with Crippen molar-refractivity contribution in [3.05, 3.63) is 22.8 Å². The van der Waals surface area contributed by atoms with Crippen LogP contribution in [-0.2, 0) is 49.7 Å². The van der Waals surface area contributed by atoms with Crippen LogP contribution in [0.4, 0.5) is 0 Å². The Hall–Kier alpha value is 0.547. The molecule has 13 heavy (non-hydrogen) atoms. The molecule has 0 fully saturated rings. The second kappa shape index (κ2) is 4.86. The molecule has 1 heterocycles. The summed E-state index contributed by atoms with van der Waals surface area (Å²) in [5, 5.41) is 0. The molecule has 0 saturated carbocycles. The van der Waals surface area contributed by atoms with E-state index in [1.807, 2.05) is 24.4 Å².